The molecule has 1 heterocycles. The zero-order valence-electron chi connectivity index (χ0n) is 3.72. The van der Waals surface area contributed by atoms with Crippen LogP contribution in [0.25, 0.3) is 0 Å². The summed E-state index contributed by atoms with van der Waals surface area (Å²) in [5.41, 5.74) is 0. The van der Waals surface area contributed by atoms with E-state index in [1.54, 1.807) is 6.42 Å². The molecule has 3 nitrogen and oxygen atoms in total. The lowest BCUT2D eigenvalue weighted by Crippen LogP contribution is -2.17. The molecule has 0 unspecified atom stereocenters. The van der Waals surface area contributed by atoms with Crippen LogP contribution >= 0.6 is 0 Å². The number of ether oxygens (including phenoxy) is 2. The van der Waals surface area contributed by atoms with Crippen molar-refractivity contribution in [2.24, 2.45) is 0 Å². The normalized spacial score (nSPS) is 20.3. The second kappa shape index (κ2) is 1.82. The van der Waals surface area contributed by atoms with Crippen LogP contribution in [0.4, 0.5) is 4.79 Å². The summed E-state index contributed by atoms with van der Waals surface area (Å²) in [5.74, 6) is 0. The molecule has 3 heteroatoms. The van der Waals surface area contributed by atoms with Gasteiger partial charge in [0.1, 0.15) is 13.2 Å². The molecule has 0 saturated carbocycles. The van der Waals surface area contributed by atoms with Gasteiger partial charge in [-0.1, -0.05) is 0 Å². The molecule has 0 atom stereocenters. The van der Waals surface area contributed by atoms with E-state index in [0.29, 0.717) is 13.2 Å². The highest BCUT2D eigenvalue weighted by molar-refractivity contribution is 5.60. The Labute approximate surface area is 41.2 Å². The minimum atomic E-state index is -0.567. The summed E-state index contributed by atoms with van der Waals surface area (Å²) in [6.45, 7) is 0.775. The van der Waals surface area contributed by atoms with Crippen molar-refractivity contribution in [3.8, 4) is 0 Å². The third kappa shape index (κ3) is 1.07. The molecule has 0 bridgehead atoms. The molecule has 1 aliphatic rings. The molecule has 39 valence electrons. The van der Waals surface area contributed by atoms with Crippen molar-refractivity contribution in [3.63, 3.8) is 0 Å². The largest absolute Gasteiger partial charge is 0.508 e. The SMILES string of the molecule is O=C1OC[CH]CO1. The van der Waals surface area contributed by atoms with Gasteiger partial charge in [0.15, 0.2) is 0 Å². The van der Waals surface area contributed by atoms with Crippen LogP contribution in [0.1, 0.15) is 0 Å². The van der Waals surface area contributed by atoms with E-state index in [4.69, 9.17) is 0 Å². The van der Waals surface area contributed by atoms with Gasteiger partial charge < -0.3 is 9.47 Å². The summed E-state index contributed by atoms with van der Waals surface area (Å²) in [5, 5.41) is 0. The van der Waals surface area contributed by atoms with E-state index < -0.39 is 6.16 Å². The first-order valence-corrected chi connectivity index (χ1v) is 2.01. The Hall–Kier alpha value is -0.730. The van der Waals surface area contributed by atoms with Gasteiger partial charge in [-0.2, -0.15) is 0 Å². The summed E-state index contributed by atoms with van der Waals surface area (Å²) in [6.07, 6.45) is 1.17. The number of rotatable bonds is 0. The quantitative estimate of drug-likeness (QED) is 0.413. The van der Waals surface area contributed by atoms with Gasteiger partial charge in [0.05, 0.1) is 0 Å². The zero-order valence-corrected chi connectivity index (χ0v) is 3.72. The fraction of sp³-hybridized carbons (Fsp3) is 0.500. The van der Waals surface area contributed by atoms with Crippen LogP contribution in [0.3, 0.4) is 0 Å². The minimum absolute atomic E-state index is 0.388. The summed E-state index contributed by atoms with van der Waals surface area (Å²) in [6, 6.07) is 0. The van der Waals surface area contributed by atoms with Gasteiger partial charge >= 0.3 is 6.16 Å². The molecule has 0 amide bonds. The smallest absolute Gasteiger partial charge is 0.434 e. The molecule has 0 N–H and O–H groups in total. The Bertz CT molecular complexity index is 71.0. The first-order chi connectivity index (χ1) is 3.39. The fourth-order valence-electron chi connectivity index (χ4n) is 0.344. The molecule has 0 aromatic carbocycles. The number of hydrogen-bond donors (Lipinski definition) is 0. The van der Waals surface area contributed by atoms with E-state index in [2.05, 4.69) is 9.47 Å². The Morgan fingerprint density at radius 2 is 2.00 bits per heavy atom. The maximum Gasteiger partial charge on any atom is 0.508 e. The van der Waals surface area contributed by atoms with Crippen molar-refractivity contribution in [2.45, 2.75) is 0 Å². The molecule has 0 spiro atoms. The first-order valence-electron chi connectivity index (χ1n) is 2.01. The average Bonchev–Trinajstić information content (AvgIpc) is 1.69. The molecule has 1 rings (SSSR count). The van der Waals surface area contributed by atoms with E-state index in [1.807, 2.05) is 0 Å². The van der Waals surface area contributed by atoms with Gasteiger partial charge in [0.2, 0.25) is 0 Å². The van der Waals surface area contributed by atoms with Crippen LogP contribution in [0.5, 0.6) is 0 Å². The van der Waals surface area contributed by atoms with E-state index in [1.165, 1.54) is 0 Å². The predicted octanol–water partition coefficient (Wildman–Crippen LogP) is 0.357. The Morgan fingerprint density at radius 3 is 2.29 bits per heavy atom. The van der Waals surface area contributed by atoms with E-state index >= 15 is 0 Å². The fourth-order valence-corrected chi connectivity index (χ4v) is 0.344. The number of carbonyl (C=O) groups is 1. The second-order valence-corrected chi connectivity index (χ2v) is 1.16. The molecule has 0 aromatic heterocycles. The Kier molecular flexibility index (Phi) is 1.15. The highest BCUT2D eigenvalue weighted by Crippen LogP contribution is 1.94. The first kappa shape index (κ1) is 4.43. The van der Waals surface area contributed by atoms with Crippen molar-refractivity contribution < 1.29 is 14.3 Å². The van der Waals surface area contributed by atoms with Crippen molar-refractivity contribution >= 4 is 6.16 Å². The summed E-state index contributed by atoms with van der Waals surface area (Å²) in [4.78, 5) is 10.00. The minimum Gasteiger partial charge on any atom is -0.434 e. The molecule has 1 fully saturated rings. The van der Waals surface area contributed by atoms with Gasteiger partial charge in [-0.05, 0) is 0 Å². The maximum atomic E-state index is 10.00. The van der Waals surface area contributed by atoms with Crippen LogP contribution in [0.2, 0.25) is 0 Å². The van der Waals surface area contributed by atoms with Gasteiger partial charge in [0.25, 0.3) is 0 Å². The highest BCUT2D eigenvalue weighted by atomic mass is 16.7. The Balaban J connectivity index is 2.25. The van der Waals surface area contributed by atoms with E-state index in [0.717, 1.165) is 0 Å². The van der Waals surface area contributed by atoms with Crippen LogP contribution in [0.15, 0.2) is 0 Å². The van der Waals surface area contributed by atoms with Crippen molar-refractivity contribution in [1.29, 1.82) is 0 Å². The third-order valence-electron chi connectivity index (χ3n) is 0.638. The number of carbonyl (C=O) groups excluding carboxylic acids is 1. The molecular weight excluding hydrogens is 96.0 g/mol. The van der Waals surface area contributed by atoms with Gasteiger partial charge in [-0.25, -0.2) is 4.79 Å². The monoisotopic (exact) mass is 101 g/mol. The lowest BCUT2D eigenvalue weighted by atomic mass is 10.5. The van der Waals surface area contributed by atoms with Gasteiger partial charge in [0, 0.05) is 6.42 Å². The topological polar surface area (TPSA) is 35.5 Å². The molecule has 1 radical (unpaired) electrons. The highest BCUT2D eigenvalue weighted by Gasteiger charge is 2.07. The standard InChI is InChI=1S/C4H5O3/c5-4-6-2-1-3-7-4/h1H,2-3H2. The Morgan fingerprint density at radius 1 is 1.43 bits per heavy atom. The van der Waals surface area contributed by atoms with Gasteiger partial charge in [-0.3, -0.25) is 0 Å². The zero-order chi connectivity index (χ0) is 5.11. The summed E-state index contributed by atoms with van der Waals surface area (Å²) < 4.78 is 8.72. The molecule has 0 aliphatic carbocycles. The summed E-state index contributed by atoms with van der Waals surface area (Å²) in [7, 11) is 0. The molecule has 1 aliphatic heterocycles. The third-order valence-corrected chi connectivity index (χ3v) is 0.638. The van der Waals surface area contributed by atoms with E-state index in [9.17, 15) is 4.79 Å². The number of hydrogen-bond acceptors (Lipinski definition) is 3. The average molecular weight is 101 g/mol. The van der Waals surface area contributed by atoms with Crippen LogP contribution < -0.4 is 0 Å². The van der Waals surface area contributed by atoms with Crippen molar-refractivity contribution in [2.75, 3.05) is 13.2 Å². The second-order valence-electron chi connectivity index (χ2n) is 1.16. The lowest BCUT2D eigenvalue weighted by Gasteiger charge is -2.09. The van der Waals surface area contributed by atoms with Crippen LogP contribution in [-0.2, 0) is 9.47 Å². The molecule has 1 saturated heterocycles. The van der Waals surface area contributed by atoms with Gasteiger partial charge in [-0.15, -0.1) is 0 Å². The molecule has 0 aromatic rings. The van der Waals surface area contributed by atoms with Crippen molar-refractivity contribution in [3.05, 3.63) is 6.42 Å². The number of cyclic esters (lactones) is 2. The van der Waals surface area contributed by atoms with Crippen LogP contribution in [0, 0.1) is 6.42 Å². The molecular formula is C4H5O3. The maximum absolute atomic E-state index is 10.00. The summed E-state index contributed by atoms with van der Waals surface area (Å²) >= 11 is 0. The van der Waals surface area contributed by atoms with Crippen LogP contribution in [-0.4, -0.2) is 19.4 Å². The molecule has 7 heavy (non-hydrogen) atoms. The lowest BCUT2D eigenvalue weighted by molar-refractivity contribution is 0.0415. The van der Waals surface area contributed by atoms with Crippen molar-refractivity contribution in [1.82, 2.24) is 0 Å². The van der Waals surface area contributed by atoms with E-state index in [-0.39, 0.29) is 0 Å². The predicted molar refractivity (Wildman–Crippen MR) is 21.6 cm³/mol.